The topological polar surface area (TPSA) is 9.23 Å². The van der Waals surface area contributed by atoms with Crippen molar-refractivity contribution < 1.29 is 4.74 Å². The van der Waals surface area contributed by atoms with Gasteiger partial charge in [-0.15, -0.1) is 0 Å². The largest absolute Gasteiger partial charge is 0.378 e. The van der Waals surface area contributed by atoms with Gasteiger partial charge in [-0.05, 0) is 37.3 Å². The van der Waals surface area contributed by atoms with Gasteiger partial charge in [0.25, 0.3) is 0 Å². The minimum atomic E-state index is 0.285. The first-order valence-corrected chi connectivity index (χ1v) is 7.58. The Kier molecular flexibility index (Phi) is 4.26. The van der Waals surface area contributed by atoms with Crippen molar-refractivity contribution in [3.8, 4) is 0 Å². The van der Waals surface area contributed by atoms with Crippen molar-refractivity contribution in [3.63, 3.8) is 0 Å². The summed E-state index contributed by atoms with van der Waals surface area (Å²) >= 11 is 3.68. The van der Waals surface area contributed by atoms with Crippen molar-refractivity contribution in [1.82, 2.24) is 0 Å². The van der Waals surface area contributed by atoms with E-state index in [1.165, 1.54) is 11.1 Å². The lowest BCUT2D eigenvalue weighted by Crippen LogP contribution is -2.32. The molecule has 2 rings (SSSR count). The molecule has 2 heteroatoms. The molecule has 94 valence electrons. The van der Waals surface area contributed by atoms with E-state index in [2.05, 4.69) is 54.0 Å². The van der Waals surface area contributed by atoms with E-state index in [9.17, 15) is 0 Å². The molecule has 0 amide bonds. The summed E-state index contributed by atoms with van der Waals surface area (Å²) in [5.41, 5.74) is 3.13. The van der Waals surface area contributed by atoms with Gasteiger partial charge in [-0.1, -0.05) is 47.1 Å². The Morgan fingerprint density at radius 3 is 2.41 bits per heavy atom. The highest BCUT2D eigenvalue weighted by atomic mass is 79.9. The van der Waals surface area contributed by atoms with Gasteiger partial charge in [-0.2, -0.15) is 0 Å². The highest BCUT2D eigenvalue weighted by Gasteiger charge is 2.40. The molecule has 0 radical (unpaired) electrons. The standard InChI is InChI=1S/C15H21BrO/c1-3-13-4-6-14(7-5-13)10-15(11-16)8-9-17-12(15)2/h4-7,12H,3,8-11H2,1-2H3. The summed E-state index contributed by atoms with van der Waals surface area (Å²) in [5.74, 6) is 0. The van der Waals surface area contributed by atoms with Gasteiger partial charge in [-0.3, -0.25) is 0 Å². The quantitative estimate of drug-likeness (QED) is 0.764. The van der Waals surface area contributed by atoms with Crippen LogP contribution < -0.4 is 0 Å². The van der Waals surface area contributed by atoms with E-state index >= 15 is 0 Å². The van der Waals surface area contributed by atoms with Crippen molar-refractivity contribution in [3.05, 3.63) is 35.4 Å². The van der Waals surface area contributed by atoms with Gasteiger partial charge in [0.2, 0.25) is 0 Å². The number of ether oxygens (including phenoxy) is 1. The van der Waals surface area contributed by atoms with Crippen LogP contribution in [0.2, 0.25) is 0 Å². The lowest BCUT2D eigenvalue weighted by atomic mass is 9.78. The van der Waals surface area contributed by atoms with Crippen molar-refractivity contribution >= 4 is 15.9 Å². The molecule has 2 unspecified atom stereocenters. The number of hydrogen-bond donors (Lipinski definition) is 0. The van der Waals surface area contributed by atoms with Crippen molar-refractivity contribution in [2.45, 2.75) is 39.2 Å². The Morgan fingerprint density at radius 2 is 1.94 bits per heavy atom. The highest BCUT2D eigenvalue weighted by Crippen LogP contribution is 2.39. The van der Waals surface area contributed by atoms with Crippen molar-refractivity contribution in [2.75, 3.05) is 11.9 Å². The average molecular weight is 297 g/mol. The second-order valence-electron chi connectivity index (χ2n) is 5.11. The molecule has 0 N–H and O–H groups in total. The summed E-state index contributed by atoms with van der Waals surface area (Å²) in [7, 11) is 0. The molecule has 1 heterocycles. The molecule has 1 aliphatic heterocycles. The zero-order chi connectivity index (χ0) is 12.3. The monoisotopic (exact) mass is 296 g/mol. The average Bonchev–Trinajstić information content (AvgIpc) is 2.72. The minimum absolute atomic E-state index is 0.285. The predicted molar refractivity (Wildman–Crippen MR) is 75.8 cm³/mol. The Hall–Kier alpha value is -0.340. The van der Waals surface area contributed by atoms with Gasteiger partial charge >= 0.3 is 0 Å². The van der Waals surface area contributed by atoms with Gasteiger partial charge in [0.15, 0.2) is 0 Å². The molecule has 1 fully saturated rings. The van der Waals surface area contributed by atoms with Crippen LogP contribution in [0.15, 0.2) is 24.3 Å². The molecule has 0 aliphatic carbocycles. The van der Waals surface area contributed by atoms with Crippen LogP contribution in [0.25, 0.3) is 0 Å². The van der Waals surface area contributed by atoms with Gasteiger partial charge in [0.1, 0.15) is 0 Å². The predicted octanol–water partition coefficient (Wildman–Crippen LogP) is 3.98. The van der Waals surface area contributed by atoms with E-state index in [-0.39, 0.29) is 5.41 Å². The molecule has 1 aromatic carbocycles. The maximum atomic E-state index is 5.75. The van der Waals surface area contributed by atoms with Crippen LogP contribution in [0.1, 0.15) is 31.4 Å². The Balaban J connectivity index is 2.12. The first kappa shape index (κ1) is 13.1. The number of alkyl halides is 1. The zero-order valence-corrected chi connectivity index (χ0v) is 12.3. The highest BCUT2D eigenvalue weighted by molar-refractivity contribution is 9.09. The first-order valence-electron chi connectivity index (χ1n) is 6.45. The first-order chi connectivity index (χ1) is 8.20. The lowest BCUT2D eigenvalue weighted by molar-refractivity contribution is 0.0746. The minimum Gasteiger partial charge on any atom is -0.378 e. The number of hydrogen-bond acceptors (Lipinski definition) is 1. The lowest BCUT2D eigenvalue weighted by Gasteiger charge is -2.30. The molecule has 0 bridgehead atoms. The fraction of sp³-hybridized carbons (Fsp3) is 0.600. The molecular formula is C15H21BrO. The smallest absolute Gasteiger partial charge is 0.0615 e. The van der Waals surface area contributed by atoms with E-state index in [1.54, 1.807) is 0 Å². The van der Waals surface area contributed by atoms with Crippen LogP contribution in [0.4, 0.5) is 0 Å². The van der Waals surface area contributed by atoms with Crippen LogP contribution in [0.3, 0.4) is 0 Å². The van der Waals surface area contributed by atoms with Gasteiger partial charge < -0.3 is 4.74 Å². The van der Waals surface area contributed by atoms with Crippen LogP contribution in [0.5, 0.6) is 0 Å². The summed E-state index contributed by atoms with van der Waals surface area (Å²) in [6.07, 6.45) is 3.74. The summed E-state index contributed by atoms with van der Waals surface area (Å²) in [6.45, 7) is 5.30. The molecule has 1 aliphatic rings. The third-order valence-electron chi connectivity index (χ3n) is 4.08. The number of halogens is 1. The molecular weight excluding hydrogens is 276 g/mol. The number of aryl methyl sites for hydroxylation is 1. The summed E-state index contributed by atoms with van der Waals surface area (Å²) in [5, 5.41) is 1.02. The van der Waals surface area contributed by atoms with Crippen molar-refractivity contribution in [1.29, 1.82) is 0 Å². The molecule has 1 aromatic rings. The Bertz CT molecular complexity index is 360. The molecule has 2 atom stereocenters. The van der Waals surface area contributed by atoms with E-state index in [0.29, 0.717) is 6.10 Å². The molecule has 1 saturated heterocycles. The maximum Gasteiger partial charge on any atom is 0.0615 e. The fourth-order valence-electron chi connectivity index (χ4n) is 2.57. The maximum absolute atomic E-state index is 5.75. The fourth-order valence-corrected chi connectivity index (χ4v) is 3.51. The van der Waals surface area contributed by atoms with Crippen LogP contribution in [0, 0.1) is 5.41 Å². The molecule has 0 aromatic heterocycles. The van der Waals surface area contributed by atoms with Crippen LogP contribution in [-0.2, 0) is 17.6 Å². The summed E-state index contributed by atoms with van der Waals surface area (Å²) < 4.78 is 5.75. The van der Waals surface area contributed by atoms with Gasteiger partial charge in [-0.25, -0.2) is 0 Å². The molecule has 0 saturated carbocycles. The second-order valence-corrected chi connectivity index (χ2v) is 5.67. The van der Waals surface area contributed by atoms with Crippen molar-refractivity contribution in [2.24, 2.45) is 5.41 Å². The molecule has 17 heavy (non-hydrogen) atoms. The number of benzene rings is 1. The van der Waals surface area contributed by atoms with E-state index in [0.717, 1.165) is 31.2 Å². The Labute approximate surface area is 113 Å². The molecule has 0 spiro atoms. The third-order valence-corrected chi connectivity index (χ3v) is 5.20. The third kappa shape index (κ3) is 2.74. The Morgan fingerprint density at radius 1 is 1.29 bits per heavy atom. The normalized spacial score (nSPS) is 28.5. The zero-order valence-electron chi connectivity index (χ0n) is 10.7. The van der Waals surface area contributed by atoms with E-state index < -0.39 is 0 Å². The van der Waals surface area contributed by atoms with Gasteiger partial charge in [0, 0.05) is 17.4 Å². The van der Waals surface area contributed by atoms with Crippen LogP contribution >= 0.6 is 15.9 Å². The van der Waals surface area contributed by atoms with Gasteiger partial charge in [0.05, 0.1) is 6.10 Å². The van der Waals surface area contributed by atoms with E-state index in [4.69, 9.17) is 4.74 Å². The summed E-state index contributed by atoms with van der Waals surface area (Å²) in [6, 6.07) is 9.04. The summed E-state index contributed by atoms with van der Waals surface area (Å²) in [4.78, 5) is 0. The SMILES string of the molecule is CCc1ccc(CC2(CBr)CCOC2C)cc1. The molecule has 1 nitrogen and oxygen atoms in total. The van der Waals surface area contributed by atoms with E-state index in [1.807, 2.05) is 0 Å². The second kappa shape index (κ2) is 5.53. The number of rotatable bonds is 4. The van der Waals surface area contributed by atoms with Crippen LogP contribution in [-0.4, -0.2) is 18.0 Å².